The summed E-state index contributed by atoms with van der Waals surface area (Å²) < 4.78 is 31.2. The Morgan fingerprint density at radius 3 is 2.42 bits per heavy atom. The Labute approximate surface area is 115 Å². The lowest BCUT2D eigenvalue weighted by Crippen LogP contribution is -2.22. The first-order chi connectivity index (χ1) is 9.01. The van der Waals surface area contributed by atoms with Crippen molar-refractivity contribution in [2.45, 2.75) is 18.2 Å². The van der Waals surface area contributed by atoms with Gasteiger partial charge in [0, 0.05) is 11.6 Å². The van der Waals surface area contributed by atoms with E-state index < -0.39 is 10.0 Å². The van der Waals surface area contributed by atoms with Crippen molar-refractivity contribution in [1.82, 2.24) is 4.72 Å². The summed E-state index contributed by atoms with van der Waals surface area (Å²) in [5.74, 6) is 0.201. The van der Waals surface area contributed by atoms with Gasteiger partial charge in [0.2, 0.25) is 5.09 Å². The van der Waals surface area contributed by atoms with E-state index in [-0.39, 0.29) is 24.0 Å². The largest absolute Gasteiger partial charge is 0.446 e. The van der Waals surface area contributed by atoms with Crippen LogP contribution in [0.5, 0.6) is 0 Å². The minimum absolute atomic E-state index is 0.134. The average molecular weight is 302 g/mol. The fraction of sp³-hybridized carbons (Fsp3) is 0.167. The molecule has 2 aromatic rings. The van der Waals surface area contributed by atoms with E-state index in [9.17, 15) is 8.42 Å². The summed E-state index contributed by atoms with van der Waals surface area (Å²) in [6.45, 7) is -0.207. The molecule has 7 heteroatoms. The quantitative estimate of drug-likeness (QED) is 0.884. The van der Waals surface area contributed by atoms with Crippen LogP contribution < -0.4 is 4.72 Å². The third-order valence-electron chi connectivity index (χ3n) is 2.44. The second kappa shape index (κ2) is 5.75. The maximum Gasteiger partial charge on any atom is 0.274 e. The molecule has 1 aromatic heterocycles. The van der Waals surface area contributed by atoms with Gasteiger partial charge in [-0.1, -0.05) is 23.7 Å². The molecule has 1 heterocycles. The summed E-state index contributed by atoms with van der Waals surface area (Å²) in [6, 6.07) is 9.54. The molecule has 1 aromatic carbocycles. The second-order valence-corrected chi connectivity index (χ2v) is 5.96. The van der Waals surface area contributed by atoms with E-state index in [1.165, 1.54) is 12.1 Å². The molecule has 0 aliphatic heterocycles. The molecule has 0 saturated heterocycles. The minimum atomic E-state index is -3.72. The molecule has 0 aliphatic rings. The summed E-state index contributed by atoms with van der Waals surface area (Å²) >= 11 is 5.74. The minimum Gasteiger partial charge on any atom is -0.446 e. The van der Waals surface area contributed by atoms with Gasteiger partial charge in [0.1, 0.15) is 12.4 Å². The number of benzene rings is 1. The Bertz CT molecular complexity index is 649. The van der Waals surface area contributed by atoms with Crippen LogP contribution in [-0.4, -0.2) is 13.5 Å². The number of nitrogens with one attached hydrogen (secondary N) is 1. The Hall–Kier alpha value is -1.34. The lowest BCUT2D eigenvalue weighted by Gasteiger charge is -2.04. The van der Waals surface area contributed by atoms with Crippen molar-refractivity contribution in [3.63, 3.8) is 0 Å². The highest BCUT2D eigenvalue weighted by Gasteiger charge is 2.18. The van der Waals surface area contributed by atoms with Crippen LogP contribution in [0.1, 0.15) is 11.3 Å². The van der Waals surface area contributed by atoms with Gasteiger partial charge in [-0.15, -0.1) is 0 Å². The molecule has 0 aliphatic carbocycles. The third kappa shape index (κ3) is 3.57. The second-order valence-electron chi connectivity index (χ2n) is 3.83. The topological polar surface area (TPSA) is 79.5 Å². The number of sulfonamides is 1. The molecule has 0 atom stereocenters. The maximum absolute atomic E-state index is 11.9. The summed E-state index contributed by atoms with van der Waals surface area (Å²) in [5.41, 5.74) is 0.780. The zero-order valence-corrected chi connectivity index (χ0v) is 11.4. The Morgan fingerprint density at radius 2 is 1.84 bits per heavy atom. The standard InChI is InChI=1S/C12H12ClNO4S/c13-10-3-1-9(2-4-10)7-14-19(16,17)12-6-5-11(8-15)18-12/h1-6,14-15H,7-8H2. The van der Waals surface area contributed by atoms with Crippen molar-refractivity contribution < 1.29 is 17.9 Å². The van der Waals surface area contributed by atoms with Crippen molar-refractivity contribution in [2.24, 2.45) is 0 Å². The summed E-state index contributed by atoms with van der Waals surface area (Å²) in [4.78, 5) is 0. The zero-order chi connectivity index (χ0) is 13.9. The van der Waals surface area contributed by atoms with E-state index in [1.54, 1.807) is 24.3 Å². The number of aliphatic hydroxyl groups excluding tert-OH is 1. The van der Waals surface area contributed by atoms with E-state index in [0.717, 1.165) is 5.56 Å². The summed E-state index contributed by atoms with van der Waals surface area (Å²) in [7, 11) is -3.72. The fourth-order valence-corrected chi connectivity index (χ4v) is 2.53. The molecular formula is C12H12ClNO4S. The van der Waals surface area contributed by atoms with Gasteiger partial charge in [-0.3, -0.25) is 0 Å². The molecular weight excluding hydrogens is 290 g/mol. The molecule has 0 fully saturated rings. The van der Waals surface area contributed by atoms with Gasteiger partial charge in [0.15, 0.2) is 0 Å². The average Bonchev–Trinajstić information content (AvgIpc) is 2.88. The van der Waals surface area contributed by atoms with Gasteiger partial charge >= 0.3 is 0 Å². The summed E-state index contributed by atoms with van der Waals surface area (Å²) in [5, 5.41) is 9.20. The SMILES string of the molecule is O=S(=O)(NCc1ccc(Cl)cc1)c1ccc(CO)o1. The van der Waals surface area contributed by atoms with E-state index in [2.05, 4.69) is 4.72 Å². The molecule has 2 N–H and O–H groups in total. The van der Waals surface area contributed by atoms with Crippen LogP contribution in [0.3, 0.4) is 0 Å². The molecule has 0 unspecified atom stereocenters. The third-order valence-corrected chi connectivity index (χ3v) is 3.96. The van der Waals surface area contributed by atoms with Crippen LogP contribution in [0.25, 0.3) is 0 Å². The molecule has 0 bridgehead atoms. The van der Waals surface area contributed by atoms with Gasteiger partial charge in [-0.05, 0) is 29.8 Å². The Balaban J connectivity index is 2.07. The van der Waals surface area contributed by atoms with Gasteiger partial charge < -0.3 is 9.52 Å². The fourth-order valence-electron chi connectivity index (χ4n) is 1.44. The summed E-state index contributed by atoms with van der Waals surface area (Å²) in [6.07, 6.45) is 0. The highest BCUT2D eigenvalue weighted by atomic mass is 35.5. The van der Waals surface area contributed by atoms with Crippen molar-refractivity contribution >= 4 is 21.6 Å². The van der Waals surface area contributed by atoms with Gasteiger partial charge in [0.25, 0.3) is 10.0 Å². The number of furan rings is 1. The molecule has 5 nitrogen and oxygen atoms in total. The molecule has 0 radical (unpaired) electrons. The van der Waals surface area contributed by atoms with Gasteiger partial charge in [0.05, 0.1) is 0 Å². The number of rotatable bonds is 5. The Morgan fingerprint density at radius 1 is 1.16 bits per heavy atom. The molecule has 19 heavy (non-hydrogen) atoms. The normalized spacial score (nSPS) is 11.7. The molecule has 0 saturated carbocycles. The Kier molecular flexibility index (Phi) is 4.26. The number of hydrogen-bond donors (Lipinski definition) is 2. The van der Waals surface area contributed by atoms with Crippen molar-refractivity contribution in [1.29, 1.82) is 0 Å². The van der Waals surface area contributed by atoms with E-state index in [1.807, 2.05) is 0 Å². The molecule has 2 rings (SSSR count). The lowest BCUT2D eigenvalue weighted by molar-refractivity contribution is 0.236. The number of halogens is 1. The van der Waals surface area contributed by atoms with Crippen molar-refractivity contribution in [2.75, 3.05) is 0 Å². The van der Waals surface area contributed by atoms with Crippen LogP contribution in [0, 0.1) is 0 Å². The van der Waals surface area contributed by atoms with E-state index >= 15 is 0 Å². The van der Waals surface area contributed by atoms with Crippen molar-refractivity contribution in [3.05, 3.63) is 52.7 Å². The van der Waals surface area contributed by atoms with Crippen LogP contribution in [-0.2, 0) is 23.2 Å². The first-order valence-electron chi connectivity index (χ1n) is 5.45. The van der Waals surface area contributed by atoms with Crippen LogP contribution in [0.4, 0.5) is 0 Å². The van der Waals surface area contributed by atoms with E-state index in [4.69, 9.17) is 21.1 Å². The molecule has 102 valence electrons. The predicted octanol–water partition coefficient (Wildman–Crippen LogP) is 1.90. The lowest BCUT2D eigenvalue weighted by atomic mass is 10.2. The zero-order valence-electron chi connectivity index (χ0n) is 9.84. The monoisotopic (exact) mass is 301 g/mol. The van der Waals surface area contributed by atoms with Crippen LogP contribution in [0.2, 0.25) is 5.02 Å². The maximum atomic E-state index is 11.9. The molecule has 0 spiro atoms. The number of aliphatic hydroxyl groups is 1. The highest BCUT2D eigenvalue weighted by molar-refractivity contribution is 7.89. The predicted molar refractivity (Wildman–Crippen MR) is 70.1 cm³/mol. The number of hydrogen-bond acceptors (Lipinski definition) is 4. The van der Waals surface area contributed by atoms with E-state index in [0.29, 0.717) is 5.02 Å². The van der Waals surface area contributed by atoms with Crippen molar-refractivity contribution in [3.8, 4) is 0 Å². The molecule has 0 amide bonds. The first kappa shape index (κ1) is 14.1. The van der Waals surface area contributed by atoms with Crippen LogP contribution >= 0.6 is 11.6 Å². The first-order valence-corrected chi connectivity index (χ1v) is 7.31. The van der Waals surface area contributed by atoms with Gasteiger partial charge in [-0.25, -0.2) is 13.1 Å². The van der Waals surface area contributed by atoms with Crippen LogP contribution in [0.15, 0.2) is 45.9 Å². The highest BCUT2D eigenvalue weighted by Crippen LogP contribution is 2.15. The smallest absolute Gasteiger partial charge is 0.274 e. The van der Waals surface area contributed by atoms with Gasteiger partial charge in [-0.2, -0.15) is 0 Å².